The molecule has 1 aliphatic heterocycles. The summed E-state index contributed by atoms with van der Waals surface area (Å²) in [5.41, 5.74) is 0.194. The zero-order valence-electron chi connectivity index (χ0n) is 21.5. The van der Waals surface area contributed by atoms with E-state index in [1.165, 1.54) is 16.0 Å². The Labute approximate surface area is 218 Å². The zero-order valence-corrected chi connectivity index (χ0v) is 21.5. The average Bonchev–Trinajstić information content (AvgIpc) is 3.65. The molecule has 0 radical (unpaired) electrons. The number of nitrogens with one attached hydrogen (secondary N) is 1. The molecule has 4 aromatic rings. The second-order valence-electron chi connectivity index (χ2n) is 9.92. The van der Waals surface area contributed by atoms with Gasteiger partial charge in [0.15, 0.2) is 23.3 Å². The lowest BCUT2D eigenvalue weighted by atomic mass is 10.1. The summed E-state index contributed by atoms with van der Waals surface area (Å²) in [6, 6.07) is 11.2. The van der Waals surface area contributed by atoms with Gasteiger partial charge in [-0.15, -0.1) is 10.2 Å². The molecule has 2 amide bonds. The van der Waals surface area contributed by atoms with Gasteiger partial charge >= 0.3 is 0 Å². The topological polar surface area (TPSA) is 138 Å². The number of hydrogen-bond acceptors (Lipinski definition) is 9. The van der Waals surface area contributed by atoms with Gasteiger partial charge in [0.05, 0.1) is 6.26 Å². The van der Waals surface area contributed by atoms with Crippen LogP contribution in [-0.4, -0.2) is 49.3 Å². The molecule has 0 spiro atoms. The molecule has 1 atom stereocenters. The number of carbonyl (C=O) groups is 2. The largest absolute Gasteiger partial charge is 0.467 e. The Bertz CT molecular complexity index is 1430. The van der Waals surface area contributed by atoms with Crippen LogP contribution >= 0.6 is 0 Å². The molecule has 12 nitrogen and oxygen atoms in total. The van der Waals surface area contributed by atoms with Crippen LogP contribution in [0.15, 0.2) is 57.6 Å². The number of tetrazole rings is 1. The van der Waals surface area contributed by atoms with Gasteiger partial charge in [-0.05, 0) is 74.9 Å². The fourth-order valence-corrected chi connectivity index (χ4v) is 4.04. The molecule has 0 bridgehead atoms. The van der Waals surface area contributed by atoms with Crippen molar-refractivity contribution < 1.29 is 27.9 Å². The highest BCUT2D eigenvalue weighted by atomic mass is 16.7. The van der Waals surface area contributed by atoms with Crippen LogP contribution < -0.4 is 14.8 Å². The third-order valence-electron chi connectivity index (χ3n) is 5.67. The number of nitrogens with zero attached hydrogens (tertiary/aromatic N) is 5. The number of hydrogen-bond donors (Lipinski definition) is 1. The predicted molar refractivity (Wildman–Crippen MR) is 133 cm³/mol. The van der Waals surface area contributed by atoms with E-state index >= 15 is 0 Å². The lowest BCUT2D eigenvalue weighted by Crippen LogP contribution is -2.49. The lowest BCUT2D eigenvalue weighted by Gasteiger charge is -2.32. The van der Waals surface area contributed by atoms with E-state index in [1.807, 2.05) is 33.8 Å². The van der Waals surface area contributed by atoms with Gasteiger partial charge in [0.2, 0.25) is 18.5 Å². The highest BCUT2D eigenvalue weighted by molar-refractivity contribution is 5.88. The van der Waals surface area contributed by atoms with Crippen molar-refractivity contribution in [2.45, 2.75) is 52.4 Å². The third kappa shape index (κ3) is 5.53. The molecule has 5 rings (SSSR count). The van der Waals surface area contributed by atoms with E-state index in [1.54, 1.807) is 36.4 Å². The number of benzene rings is 1. The lowest BCUT2D eigenvalue weighted by molar-refractivity contribution is -0.143. The smallest absolute Gasteiger partial charge is 0.251 e. The van der Waals surface area contributed by atoms with Gasteiger partial charge in [0, 0.05) is 12.1 Å². The minimum atomic E-state index is -1.06. The van der Waals surface area contributed by atoms with Crippen molar-refractivity contribution in [2.24, 2.45) is 0 Å². The van der Waals surface area contributed by atoms with Gasteiger partial charge in [0.1, 0.15) is 18.1 Å². The quantitative estimate of drug-likeness (QED) is 0.371. The van der Waals surface area contributed by atoms with Crippen molar-refractivity contribution in [2.75, 3.05) is 6.79 Å². The summed E-state index contributed by atoms with van der Waals surface area (Å²) in [7, 11) is 0. The van der Waals surface area contributed by atoms with E-state index in [0.29, 0.717) is 28.8 Å². The molecule has 0 saturated heterocycles. The van der Waals surface area contributed by atoms with Gasteiger partial charge in [-0.25, -0.2) is 0 Å². The number of ether oxygens (including phenoxy) is 2. The number of amides is 2. The molecule has 1 aliphatic rings. The first-order chi connectivity index (χ1) is 18.2. The van der Waals surface area contributed by atoms with E-state index in [9.17, 15) is 9.59 Å². The van der Waals surface area contributed by atoms with Crippen LogP contribution in [0.3, 0.4) is 0 Å². The highest BCUT2D eigenvalue weighted by Gasteiger charge is 2.36. The van der Waals surface area contributed by atoms with E-state index in [0.717, 1.165) is 5.56 Å². The number of rotatable bonds is 8. The monoisotopic (exact) mass is 520 g/mol. The molecule has 1 aromatic carbocycles. The molecule has 4 heterocycles. The Kier molecular flexibility index (Phi) is 6.62. The summed E-state index contributed by atoms with van der Waals surface area (Å²) in [5, 5.41) is 15.3. The Morgan fingerprint density at radius 2 is 1.95 bits per heavy atom. The Morgan fingerprint density at radius 1 is 1.13 bits per heavy atom. The summed E-state index contributed by atoms with van der Waals surface area (Å²) in [5.74, 6) is 2.09. The molecule has 12 heteroatoms. The molecule has 0 fully saturated rings. The molecule has 0 unspecified atom stereocenters. The molecular formula is C26H28N6O6. The fourth-order valence-electron chi connectivity index (χ4n) is 4.04. The van der Waals surface area contributed by atoms with E-state index in [2.05, 4.69) is 20.7 Å². The minimum Gasteiger partial charge on any atom is -0.467 e. The highest BCUT2D eigenvalue weighted by Crippen LogP contribution is 2.34. The first kappa shape index (κ1) is 25.1. The van der Waals surface area contributed by atoms with Crippen molar-refractivity contribution in [3.05, 3.63) is 65.8 Å². The van der Waals surface area contributed by atoms with Gasteiger partial charge in [-0.2, -0.15) is 4.80 Å². The summed E-state index contributed by atoms with van der Waals surface area (Å²) in [4.78, 5) is 30.0. The number of aryl methyl sites for hydroxylation is 1. The summed E-state index contributed by atoms with van der Waals surface area (Å²) >= 11 is 0. The van der Waals surface area contributed by atoms with Crippen molar-refractivity contribution in [1.29, 1.82) is 0 Å². The van der Waals surface area contributed by atoms with Gasteiger partial charge in [0.25, 0.3) is 5.91 Å². The fraction of sp³-hybridized carbons (Fsp3) is 0.346. The van der Waals surface area contributed by atoms with E-state index < -0.39 is 17.5 Å². The second-order valence-corrected chi connectivity index (χ2v) is 9.92. The first-order valence-electron chi connectivity index (χ1n) is 12.0. The van der Waals surface area contributed by atoms with Crippen LogP contribution in [0.1, 0.15) is 43.9 Å². The molecule has 1 N–H and O–H groups in total. The van der Waals surface area contributed by atoms with Gasteiger partial charge < -0.3 is 28.5 Å². The maximum absolute atomic E-state index is 13.8. The third-order valence-corrected chi connectivity index (χ3v) is 5.67. The Morgan fingerprint density at radius 3 is 2.66 bits per heavy atom. The Balaban J connectivity index is 1.47. The Hall–Kier alpha value is -4.61. The van der Waals surface area contributed by atoms with Crippen molar-refractivity contribution in [1.82, 2.24) is 30.4 Å². The second kappa shape index (κ2) is 10.0. The van der Waals surface area contributed by atoms with Crippen LogP contribution in [0.25, 0.3) is 11.6 Å². The zero-order chi connectivity index (χ0) is 26.9. The molecule has 38 heavy (non-hydrogen) atoms. The molecule has 0 saturated carbocycles. The molecule has 198 valence electrons. The number of carbonyl (C=O) groups excluding carboxylic acids is 2. The summed E-state index contributed by atoms with van der Waals surface area (Å²) in [6.45, 7) is 7.35. The van der Waals surface area contributed by atoms with E-state index in [4.69, 9.17) is 18.3 Å². The number of aromatic nitrogens is 4. The number of fused-ring (bicyclic) bond motifs is 1. The normalized spacial score (nSPS) is 13.4. The molecule has 3 aromatic heterocycles. The first-order valence-corrected chi connectivity index (χ1v) is 12.0. The molecular weight excluding hydrogens is 492 g/mol. The maximum atomic E-state index is 13.8. The van der Waals surface area contributed by atoms with Crippen LogP contribution in [0, 0.1) is 6.92 Å². The SMILES string of the molecule is Cc1ccc(-c2nnn(CC(=O)N(Cc3ccc4c(c3)OCO4)[C@@H](C(=O)NC(C)(C)C)c3ccco3)n2)o1. The van der Waals surface area contributed by atoms with E-state index in [-0.39, 0.29) is 31.6 Å². The average molecular weight is 521 g/mol. The standard InChI is InChI=1S/C26H28N6O6/c1-16-7-9-20(38-16)24-28-30-32(29-24)14-22(33)31(13-17-8-10-18-21(12-17)37-15-36-18)23(19-6-5-11-35-19)25(34)27-26(2,3)4/h5-12,23H,13-15H2,1-4H3,(H,27,34)/t23-/m1/s1. The summed E-state index contributed by atoms with van der Waals surface area (Å²) < 4.78 is 22.1. The predicted octanol–water partition coefficient (Wildman–Crippen LogP) is 3.25. The molecule has 0 aliphatic carbocycles. The number of furan rings is 2. The summed E-state index contributed by atoms with van der Waals surface area (Å²) in [6.07, 6.45) is 1.46. The minimum absolute atomic E-state index is 0.0807. The van der Waals surface area contributed by atoms with Crippen LogP contribution in [0.4, 0.5) is 0 Å². The van der Waals surface area contributed by atoms with Crippen LogP contribution in [0.5, 0.6) is 11.5 Å². The van der Waals surface area contributed by atoms with Gasteiger partial charge in [-0.3, -0.25) is 9.59 Å². The van der Waals surface area contributed by atoms with Crippen molar-refractivity contribution in [3.8, 4) is 23.1 Å². The van der Waals surface area contributed by atoms with Gasteiger partial charge in [-0.1, -0.05) is 6.07 Å². The van der Waals surface area contributed by atoms with Crippen molar-refractivity contribution in [3.63, 3.8) is 0 Å². The van der Waals surface area contributed by atoms with Crippen LogP contribution in [0.2, 0.25) is 0 Å². The van der Waals surface area contributed by atoms with Crippen LogP contribution in [-0.2, 0) is 22.7 Å². The van der Waals surface area contributed by atoms with Crippen molar-refractivity contribution >= 4 is 11.8 Å². The maximum Gasteiger partial charge on any atom is 0.251 e.